The third-order valence-electron chi connectivity index (χ3n) is 2.04. The zero-order valence-corrected chi connectivity index (χ0v) is 8.70. The normalized spacial score (nSPS) is 10.4. The predicted molar refractivity (Wildman–Crippen MR) is 57.9 cm³/mol. The lowest BCUT2D eigenvalue weighted by Gasteiger charge is -2.02. The van der Waals surface area contributed by atoms with E-state index in [0.717, 1.165) is 16.8 Å². The molecule has 0 spiro atoms. The highest BCUT2D eigenvalue weighted by atomic mass is 35.5. The second-order valence-corrected chi connectivity index (χ2v) is 3.53. The van der Waals surface area contributed by atoms with Crippen LogP contribution < -0.4 is 0 Å². The van der Waals surface area contributed by atoms with Crippen molar-refractivity contribution in [2.24, 2.45) is 0 Å². The molecular formula is C11H11ClN2. The maximum atomic E-state index is 5.76. The number of alkyl halides is 1. The van der Waals surface area contributed by atoms with E-state index in [4.69, 9.17) is 11.6 Å². The molecule has 2 rings (SSSR count). The average molecular weight is 207 g/mol. The molecule has 2 nitrogen and oxygen atoms in total. The number of benzene rings is 1. The van der Waals surface area contributed by atoms with E-state index in [1.165, 1.54) is 0 Å². The van der Waals surface area contributed by atoms with Crippen molar-refractivity contribution in [3.8, 4) is 5.69 Å². The first-order valence-electron chi connectivity index (χ1n) is 4.46. The quantitative estimate of drug-likeness (QED) is 0.691. The zero-order valence-electron chi connectivity index (χ0n) is 7.94. The lowest BCUT2D eigenvalue weighted by Crippen LogP contribution is -1.94. The van der Waals surface area contributed by atoms with Crippen molar-refractivity contribution in [2.45, 2.75) is 12.8 Å². The van der Waals surface area contributed by atoms with Gasteiger partial charge >= 0.3 is 0 Å². The molecule has 0 unspecified atom stereocenters. The van der Waals surface area contributed by atoms with Crippen LogP contribution in [0.3, 0.4) is 0 Å². The molecule has 0 bridgehead atoms. The van der Waals surface area contributed by atoms with Crippen LogP contribution >= 0.6 is 11.6 Å². The Bertz CT molecular complexity index is 434. The Balaban J connectivity index is 2.41. The molecule has 2 aromatic rings. The van der Waals surface area contributed by atoms with Crippen LogP contribution in [0.25, 0.3) is 5.69 Å². The fourth-order valence-electron chi connectivity index (χ4n) is 1.34. The number of nitrogens with zero attached hydrogens (tertiary/aromatic N) is 2. The first-order valence-corrected chi connectivity index (χ1v) is 4.99. The highest BCUT2D eigenvalue weighted by molar-refractivity contribution is 6.17. The van der Waals surface area contributed by atoms with Crippen molar-refractivity contribution in [2.75, 3.05) is 0 Å². The molecule has 3 heteroatoms. The standard InChI is InChI=1S/C11H11ClN2/c1-9-7-13-14(8-9)11-4-2-3-10(5-11)6-12/h2-5,7-8H,6H2,1H3. The molecule has 0 saturated heterocycles. The molecule has 0 fully saturated rings. The Morgan fingerprint density at radius 1 is 1.43 bits per heavy atom. The second kappa shape index (κ2) is 3.84. The lowest BCUT2D eigenvalue weighted by atomic mass is 10.2. The van der Waals surface area contributed by atoms with Gasteiger partial charge in [-0.1, -0.05) is 12.1 Å². The first-order chi connectivity index (χ1) is 6.79. The highest BCUT2D eigenvalue weighted by Crippen LogP contribution is 2.12. The molecule has 0 aliphatic carbocycles. The SMILES string of the molecule is Cc1cnn(-c2cccc(CCl)c2)c1. The van der Waals surface area contributed by atoms with Gasteiger partial charge in [-0.25, -0.2) is 4.68 Å². The summed E-state index contributed by atoms with van der Waals surface area (Å²) in [7, 11) is 0. The molecule has 1 aromatic heterocycles. The summed E-state index contributed by atoms with van der Waals surface area (Å²) >= 11 is 5.76. The van der Waals surface area contributed by atoms with Crippen LogP contribution in [0.1, 0.15) is 11.1 Å². The summed E-state index contributed by atoms with van der Waals surface area (Å²) in [6.45, 7) is 2.02. The molecule has 0 N–H and O–H groups in total. The van der Waals surface area contributed by atoms with E-state index >= 15 is 0 Å². The van der Waals surface area contributed by atoms with Crippen LogP contribution in [0, 0.1) is 6.92 Å². The van der Waals surface area contributed by atoms with Crippen LogP contribution in [0.2, 0.25) is 0 Å². The van der Waals surface area contributed by atoms with Gasteiger partial charge in [-0.3, -0.25) is 0 Å². The van der Waals surface area contributed by atoms with E-state index in [1.54, 1.807) is 0 Å². The number of aryl methyl sites for hydroxylation is 1. The third kappa shape index (κ3) is 1.80. The molecule has 72 valence electrons. The first kappa shape index (κ1) is 9.28. The van der Waals surface area contributed by atoms with Gasteiger partial charge in [-0.05, 0) is 30.2 Å². The molecule has 0 amide bonds. The summed E-state index contributed by atoms with van der Waals surface area (Å²) in [5.74, 6) is 0.536. The van der Waals surface area contributed by atoms with E-state index in [9.17, 15) is 0 Å². The third-order valence-corrected chi connectivity index (χ3v) is 2.35. The van der Waals surface area contributed by atoms with Crippen molar-refractivity contribution in [3.63, 3.8) is 0 Å². The maximum Gasteiger partial charge on any atom is 0.0648 e. The minimum atomic E-state index is 0.536. The number of halogens is 1. The van der Waals surface area contributed by atoms with Gasteiger partial charge in [0.2, 0.25) is 0 Å². The molecule has 0 aliphatic heterocycles. The fourth-order valence-corrected chi connectivity index (χ4v) is 1.50. The van der Waals surface area contributed by atoms with Gasteiger partial charge in [0.15, 0.2) is 0 Å². The smallest absolute Gasteiger partial charge is 0.0648 e. The summed E-state index contributed by atoms with van der Waals surface area (Å²) in [6, 6.07) is 8.05. The van der Waals surface area contributed by atoms with E-state index in [0.29, 0.717) is 5.88 Å². The van der Waals surface area contributed by atoms with Gasteiger partial charge < -0.3 is 0 Å². The highest BCUT2D eigenvalue weighted by Gasteiger charge is 1.98. The number of hydrogen-bond acceptors (Lipinski definition) is 1. The summed E-state index contributed by atoms with van der Waals surface area (Å²) < 4.78 is 1.85. The molecular weight excluding hydrogens is 196 g/mol. The molecule has 0 aliphatic rings. The number of aromatic nitrogens is 2. The van der Waals surface area contributed by atoms with Crippen molar-refractivity contribution < 1.29 is 0 Å². The van der Waals surface area contributed by atoms with Gasteiger partial charge in [0, 0.05) is 12.1 Å². The van der Waals surface area contributed by atoms with Crippen LogP contribution in [-0.4, -0.2) is 9.78 Å². The average Bonchev–Trinajstić information content (AvgIpc) is 2.65. The van der Waals surface area contributed by atoms with Crippen LogP contribution in [-0.2, 0) is 5.88 Å². The Labute approximate surface area is 88.1 Å². The van der Waals surface area contributed by atoms with Crippen molar-refractivity contribution in [1.29, 1.82) is 0 Å². The lowest BCUT2D eigenvalue weighted by molar-refractivity contribution is 0.878. The van der Waals surface area contributed by atoms with Crippen LogP contribution in [0.4, 0.5) is 0 Å². The molecule has 0 radical (unpaired) electrons. The number of rotatable bonds is 2. The summed E-state index contributed by atoms with van der Waals surface area (Å²) in [6.07, 6.45) is 3.83. The molecule has 1 aromatic carbocycles. The van der Waals surface area contributed by atoms with Crippen LogP contribution in [0.15, 0.2) is 36.7 Å². The molecule has 0 saturated carbocycles. The fraction of sp³-hybridized carbons (Fsp3) is 0.182. The van der Waals surface area contributed by atoms with E-state index in [-0.39, 0.29) is 0 Å². The maximum absolute atomic E-state index is 5.76. The van der Waals surface area contributed by atoms with Gasteiger partial charge in [0.05, 0.1) is 11.9 Å². The zero-order chi connectivity index (χ0) is 9.97. The summed E-state index contributed by atoms with van der Waals surface area (Å²) in [5.41, 5.74) is 3.31. The minimum absolute atomic E-state index is 0.536. The van der Waals surface area contributed by atoms with Gasteiger partial charge in [-0.2, -0.15) is 5.10 Å². The van der Waals surface area contributed by atoms with Crippen molar-refractivity contribution in [3.05, 3.63) is 47.8 Å². The van der Waals surface area contributed by atoms with E-state index < -0.39 is 0 Å². The Kier molecular flexibility index (Phi) is 2.55. The Hall–Kier alpha value is -1.28. The topological polar surface area (TPSA) is 17.8 Å². The van der Waals surface area contributed by atoms with Crippen molar-refractivity contribution >= 4 is 11.6 Å². The molecule has 14 heavy (non-hydrogen) atoms. The monoisotopic (exact) mass is 206 g/mol. The van der Waals surface area contributed by atoms with E-state index in [2.05, 4.69) is 5.10 Å². The second-order valence-electron chi connectivity index (χ2n) is 3.27. The van der Waals surface area contributed by atoms with E-state index in [1.807, 2.05) is 48.3 Å². The Morgan fingerprint density at radius 3 is 2.93 bits per heavy atom. The molecule has 1 heterocycles. The van der Waals surface area contributed by atoms with Gasteiger partial charge in [0.25, 0.3) is 0 Å². The minimum Gasteiger partial charge on any atom is -0.241 e. The van der Waals surface area contributed by atoms with Gasteiger partial charge in [0.1, 0.15) is 0 Å². The Morgan fingerprint density at radius 2 is 2.29 bits per heavy atom. The van der Waals surface area contributed by atoms with Crippen LogP contribution in [0.5, 0.6) is 0 Å². The summed E-state index contributed by atoms with van der Waals surface area (Å²) in [5, 5.41) is 4.24. The summed E-state index contributed by atoms with van der Waals surface area (Å²) in [4.78, 5) is 0. The molecule has 0 atom stereocenters. The predicted octanol–water partition coefficient (Wildman–Crippen LogP) is 2.92. The number of hydrogen-bond donors (Lipinski definition) is 0. The van der Waals surface area contributed by atoms with Crippen molar-refractivity contribution in [1.82, 2.24) is 9.78 Å². The largest absolute Gasteiger partial charge is 0.241 e. The van der Waals surface area contributed by atoms with Gasteiger partial charge in [-0.15, -0.1) is 11.6 Å².